The lowest BCUT2D eigenvalue weighted by molar-refractivity contribution is 0.703. The predicted octanol–water partition coefficient (Wildman–Crippen LogP) is 4.26. The minimum Gasteiger partial charge on any atom is -0.343 e. The van der Waals surface area contributed by atoms with Gasteiger partial charge in [-0.3, -0.25) is 0 Å². The highest BCUT2D eigenvalue weighted by molar-refractivity contribution is 5.92. The Bertz CT molecular complexity index is 726. The summed E-state index contributed by atoms with van der Waals surface area (Å²) >= 11 is 0. The van der Waals surface area contributed by atoms with Crippen LogP contribution in [0.1, 0.15) is 24.9 Å². The zero-order valence-corrected chi connectivity index (χ0v) is 12.0. The lowest BCUT2D eigenvalue weighted by Crippen LogP contribution is -2.10. The van der Waals surface area contributed by atoms with Crippen molar-refractivity contribution < 1.29 is 0 Å². The van der Waals surface area contributed by atoms with Crippen LogP contribution in [0.5, 0.6) is 0 Å². The van der Waals surface area contributed by atoms with E-state index in [9.17, 15) is 0 Å². The fourth-order valence-electron chi connectivity index (χ4n) is 2.95. The first kappa shape index (κ1) is 12.9. The van der Waals surface area contributed by atoms with E-state index in [0.717, 1.165) is 6.42 Å². The zero-order chi connectivity index (χ0) is 14.1. The van der Waals surface area contributed by atoms with Gasteiger partial charge in [-0.15, -0.1) is 0 Å². The summed E-state index contributed by atoms with van der Waals surface area (Å²) < 4.78 is 2.26. The van der Waals surface area contributed by atoms with E-state index in [1.807, 2.05) is 6.07 Å². The topological polar surface area (TPSA) is 30.9 Å². The van der Waals surface area contributed by atoms with Crippen molar-refractivity contribution >= 4 is 10.9 Å². The summed E-state index contributed by atoms with van der Waals surface area (Å²) in [5.41, 5.74) is 11.4. The highest BCUT2D eigenvalue weighted by Gasteiger charge is 2.19. The van der Waals surface area contributed by atoms with Crippen LogP contribution in [0.2, 0.25) is 0 Å². The smallest absolute Gasteiger partial charge is 0.0537 e. The van der Waals surface area contributed by atoms with E-state index < -0.39 is 0 Å². The zero-order valence-electron chi connectivity index (χ0n) is 12.0. The third kappa shape index (κ3) is 1.93. The normalized spacial score (nSPS) is 12.8. The second-order valence-corrected chi connectivity index (χ2v) is 5.22. The van der Waals surface area contributed by atoms with E-state index >= 15 is 0 Å². The van der Waals surface area contributed by atoms with Crippen LogP contribution in [0.4, 0.5) is 0 Å². The van der Waals surface area contributed by atoms with Gasteiger partial charge < -0.3 is 10.3 Å². The van der Waals surface area contributed by atoms with Gasteiger partial charge in [0.15, 0.2) is 0 Å². The molecule has 102 valence electrons. The number of hydrogen-bond donors (Lipinski definition) is 1. The van der Waals surface area contributed by atoms with Gasteiger partial charge in [-0.05, 0) is 18.1 Å². The monoisotopic (exact) mass is 264 g/mol. The third-order valence-electron chi connectivity index (χ3n) is 4.00. The maximum atomic E-state index is 6.40. The fourth-order valence-corrected chi connectivity index (χ4v) is 2.95. The predicted molar refractivity (Wildman–Crippen MR) is 85.6 cm³/mol. The molecule has 0 unspecified atom stereocenters. The Morgan fingerprint density at radius 1 is 1.00 bits per heavy atom. The molecule has 1 atom stereocenters. The summed E-state index contributed by atoms with van der Waals surface area (Å²) in [7, 11) is 2.12. The van der Waals surface area contributed by atoms with Crippen molar-refractivity contribution in [3.8, 4) is 11.3 Å². The average molecular weight is 264 g/mol. The van der Waals surface area contributed by atoms with Crippen molar-refractivity contribution in [1.82, 2.24) is 4.57 Å². The molecule has 2 aromatic carbocycles. The van der Waals surface area contributed by atoms with Crippen LogP contribution in [-0.4, -0.2) is 4.57 Å². The summed E-state index contributed by atoms with van der Waals surface area (Å²) in [5.74, 6) is 0. The van der Waals surface area contributed by atoms with Crippen molar-refractivity contribution in [3.05, 3.63) is 60.2 Å². The SMILES string of the molecule is CC[C@@H](N)c1c(-c2ccccc2)n(C)c2ccccc12. The van der Waals surface area contributed by atoms with Crippen molar-refractivity contribution in [3.63, 3.8) is 0 Å². The van der Waals surface area contributed by atoms with Gasteiger partial charge in [0.1, 0.15) is 0 Å². The number of para-hydroxylation sites is 1. The van der Waals surface area contributed by atoms with Gasteiger partial charge >= 0.3 is 0 Å². The molecule has 2 nitrogen and oxygen atoms in total. The Morgan fingerprint density at radius 3 is 2.35 bits per heavy atom. The standard InChI is InChI=1S/C18H20N2/c1-3-15(19)17-14-11-7-8-12-16(14)20(2)18(17)13-9-5-4-6-10-13/h4-12,15H,3,19H2,1-2H3/t15-/m1/s1. The van der Waals surface area contributed by atoms with Gasteiger partial charge in [-0.1, -0.05) is 55.5 Å². The summed E-state index contributed by atoms with van der Waals surface area (Å²) in [5, 5.41) is 1.27. The number of aromatic nitrogens is 1. The molecular formula is C18H20N2. The first-order valence-corrected chi connectivity index (χ1v) is 7.12. The molecule has 1 heterocycles. The number of rotatable bonds is 3. The van der Waals surface area contributed by atoms with E-state index in [2.05, 4.69) is 67.1 Å². The minimum atomic E-state index is 0.0660. The molecule has 0 aliphatic rings. The van der Waals surface area contributed by atoms with Crippen LogP contribution in [0, 0.1) is 0 Å². The van der Waals surface area contributed by atoms with Gasteiger partial charge in [-0.25, -0.2) is 0 Å². The first-order chi connectivity index (χ1) is 9.74. The van der Waals surface area contributed by atoms with Crippen molar-refractivity contribution in [1.29, 1.82) is 0 Å². The molecular weight excluding hydrogens is 244 g/mol. The Kier molecular flexibility index (Phi) is 3.33. The molecule has 0 spiro atoms. The van der Waals surface area contributed by atoms with E-state index in [-0.39, 0.29) is 6.04 Å². The highest BCUT2D eigenvalue weighted by atomic mass is 15.0. The average Bonchev–Trinajstić information content (AvgIpc) is 2.81. The molecule has 0 bridgehead atoms. The Hall–Kier alpha value is -2.06. The lowest BCUT2D eigenvalue weighted by atomic mass is 9.98. The number of hydrogen-bond acceptors (Lipinski definition) is 1. The summed E-state index contributed by atoms with van der Waals surface area (Å²) in [4.78, 5) is 0. The maximum Gasteiger partial charge on any atom is 0.0537 e. The van der Waals surface area contributed by atoms with Crippen molar-refractivity contribution in [2.75, 3.05) is 0 Å². The summed E-state index contributed by atoms with van der Waals surface area (Å²) in [6.45, 7) is 2.14. The quantitative estimate of drug-likeness (QED) is 0.753. The Balaban J connectivity index is 2.38. The second-order valence-electron chi connectivity index (χ2n) is 5.22. The van der Waals surface area contributed by atoms with Crippen LogP contribution >= 0.6 is 0 Å². The number of aryl methyl sites for hydroxylation is 1. The van der Waals surface area contributed by atoms with Crippen LogP contribution in [0.25, 0.3) is 22.2 Å². The number of fused-ring (bicyclic) bond motifs is 1. The molecule has 1 aromatic heterocycles. The molecule has 0 fully saturated rings. The minimum absolute atomic E-state index is 0.0660. The molecule has 2 heteroatoms. The van der Waals surface area contributed by atoms with Crippen molar-refractivity contribution in [2.24, 2.45) is 12.8 Å². The van der Waals surface area contributed by atoms with Gasteiger partial charge in [-0.2, -0.15) is 0 Å². The molecule has 0 amide bonds. The summed E-state index contributed by atoms with van der Waals surface area (Å²) in [6.07, 6.45) is 0.938. The van der Waals surface area contributed by atoms with E-state index in [4.69, 9.17) is 5.73 Å². The molecule has 0 aliphatic carbocycles. The molecule has 20 heavy (non-hydrogen) atoms. The third-order valence-corrected chi connectivity index (χ3v) is 4.00. The fraction of sp³-hybridized carbons (Fsp3) is 0.222. The van der Waals surface area contributed by atoms with Gasteiger partial charge in [0.2, 0.25) is 0 Å². The molecule has 0 saturated carbocycles. The van der Waals surface area contributed by atoms with E-state index in [1.165, 1.54) is 27.7 Å². The molecule has 0 aliphatic heterocycles. The Morgan fingerprint density at radius 2 is 1.65 bits per heavy atom. The van der Waals surface area contributed by atoms with Crippen LogP contribution in [0.3, 0.4) is 0 Å². The van der Waals surface area contributed by atoms with Crippen LogP contribution in [0.15, 0.2) is 54.6 Å². The maximum absolute atomic E-state index is 6.40. The number of benzene rings is 2. The van der Waals surface area contributed by atoms with Gasteiger partial charge in [0, 0.05) is 29.6 Å². The molecule has 0 radical (unpaired) electrons. The summed E-state index contributed by atoms with van der Waals surface area (Å²) in [6, 6.07) is 19.1. The number of nitrogens with two attached hydrogens (primary N) is 1. The van der Waals surface area contributed by atoms with Gasteiger partial charge in [0.05, 0.1) is 5.69 Å². The highest BCUT2D eigenvalue weighted by Crippen LogP contribution is 2.36. The van der Waals surface area contributed by atoms with Crippen LogP contribution in [-0.2, 0) is 7.05 Å². The molecule has 0 saturated heterocycles. The molecule has 3 rings (SSSR count). The van der Waals surface area contributed by atoms with E-state index in [0.29, 0.717) is 0 Å². The number of nitrogens with zero attached hydrogens (tertiary/aromatic N) is 1. The molecule has 2 N–H and O–H groups in total. The van der Waals surface area contributed by atoms with Gasteiger partial charge in [0.25, 0.3) is 0 Å². The second kappa shape index (κ2) is 5.14. The Labute approximate surface area is 119 Å². The largest absolute Gasteiger partial charge is 0.343 e. The van der Waals surface area contributed by atoms with Crippen LogP contribution < -0.4 is 5.73 Å². The van der Waals surface area contributed by atoms with Crippen molar-refractivity contribution in [2.45, 2.75) is 19.4 Å². The van der Waals surface area contributed by atoms with E-state index in [1.54, 1.807) is 0 Å². The first-order valence-electron chi connectivity index (χ1n) is 7.12. The molecule has 3 aromatic rings. The lowest BCUT2D eigenvalue weighted by Gasteiger charge is -2.13.